The molecular weight excluding hydrogens is 333 g/mol. The lowest BCUT2D eigenvalue weighted by Gasteiger charge is -2.61. The van der Waals surface area contributed by atoms with Crippen molar-refractivity contribution >= 4 is 69.6 Å². The molecule has 5 rings (SSSR count). The summed E-state index contributed by atoms with van der Waals surface area (Å²) in [4.78, 5) is -3.57. The lowest BCUT2D eigenvalue weighted by Crippen LogP contribution is -2.76. The molecule has 16 heavy (non-hydrogen) atoms. The van der Waals surface area contributed by atoms with Crippen LogP contribution in [0.25, 0.3) is 0 Å². The summed E-state index contributed by atoms with van der Waals surface area (Å²) < 4.78 is 0. The third-order valence-corrected chi connectivity index (χ3v) is 11.6. The molecule has 5 saturated carbocycles. The molecule has 5 fully saturated rings. The maximum Gasteiger partial charge on any atom is 0.110 e. The zero-order chi connectivity index (χ0) is 11.5. The average molecular weight is 339 g/mol. The number of rotatable bonds is 0. The lowest BCUT2D eigenvalue weighted by atomic mass is 9.59. The standard InChI is InChI=1S/C10H6Cl6/c11-5-3-1-2-4(5)8(14)6(3,12)9(15)7(2,13)10(8,9)16/h2-5H,1H2. The maximum atomic E-state index is 6.75. The summed E-state index contributed by atoms with van der Waals surface area (Å²) >= 11 is 39.9. The Morgan fingerprint density at radius 2 is 1.31 bits per heavy atom. The van der Waals surface area contributed by atoms with Crippen molar-refractivity contribution in [2.45, 2.75) is 36.2 Å². The predicted molar refractivity (Wildman–Crippen MR) is 67.6 cm³/mol. The third kappa shape index (κ3) is 0.444. The Balaban J connectivity index is 1.93. The molecule has 0 saturated heterocycles. The van der Waals surface area contributed by atoms with Crippen LogP contribution in [-0.2, 0) is 0 Å². The van der Waals surface area contributed by atoms with Gasteiger partial charge in [-0.25, -0.2) is 0 Å². The van der Waals surface area contributed by atoms with Crippen LogP contribution in [0.1, 0.15) is 6.42 Å². The van der Waals surface area contributed by atoms with E-state index in [9.17, 15) is 0 Å². The van der Waals surface area contributed by atoms with E-state index < -0.39 is 24.4 Å². The normalized spacial score (nSPS) is 89.6. The van der Waals surface area contributed by atoms with Crippen LogP contribution in [0.15, 0.2) is 0 Å². The summed E-state index contributed by atoms with van der Waals surface area (Å²) in [6, 6.07) is 0. The van der Waals surface area contributed by atoms with Crippen molar-refractivity contribution in [3.8, 4) is 0 Å². The first-order valence-corrected chi connectivity index (χ1v) is 7.67. The fourth-order valence-corrected chi connectivity index (χ4v) is 11.0. The van der Waals surface area contributed by atoms with Crippen molar-refractivity contribution in [3.05, 3.63) is 0 Å². The summed E-state index contributed by atoms with van der Waals surface area (Å²) in [5.74, 6) is 0.505. The second-order valence-electron chi connectivity index (χ2n) is 5.87. The van der Waals surface area contributed by atoms with Crippen LogP contribution in [0.2, 0.25) is 0 Å². The van der Waals surface area contributed by atoms with Crippen LogP contribution < -0.4 is 0 Å². The van der Waals surface area contributed by atoms with Crippen molar-refractivity contribution in [1.29, 1.82) is 0 Å². The SMILES string of the molecule is ClC1C2CC3C1C1(Cl)C2(Cl)C2(Cl)C3(Cl)C12Cl. The molecule has 0 aromatic carbocycles. The number of hydrogen-bond acceptors (Lipinski definition) is 0. The van der Waals surface area contributed by atoms with Gasteiger partial charge >= 0.3 is 0 Å². The van der Waals surface area contributed by atoms with Crippen molar-refractivity contribution in [2.24, 2.45) is 17.8 Å². The van der Waals surface area contributed by atoms with Gasteiger partial charge < -0.3 is 0 Å². The first kappa shape index (κ1) is 10.5. The van der Waals surface area contributed by atoms with Crippen LogP contribution in [0.3, 0.4) is 0 Å². The summed E-state index contributed by atoms with van der Waals surface area (Å²) in [7, 11) is 0. The molecule has 9 atom stereocenters. The summed E-state index contributed by atoms with van der Waals surface area (Å²) in [5.41, 5.74) is 0. The summed E-state index contributed by atoms with van der Waals surface area (Å²) in [5, 5.41) is -0.0260. The summed E-state index contributed by atoms with van der Waals surface area (Å²) in [6.07, 6.45) is 0.920. The van der Waals surface area contributed by atoms with Gasteiger partial charge in [-0.05, 0) is 18.3 Å². The molecule has 0 spiro atoms. The van der Waals surface area contributed by atoms with E-state index in [-0.39, 0.29) is 23.1 Å². The van der Waals surface area contributed by atoms with Crippen LogP contribution in [0, 0.1) is 17.8 Å². The minimum absolute atomic E-state index is 0.0260. The topological polar surface area (TPSA) is 0 Å². The Hall–Kier alpha value is 1.74. The zero-order valence-corrected chi connectivity index (χ0v) is 12.3. The predicted octanol–water partition coefficient (Wildman–Crippen LogP) is 3.79. The van der Waals surface area contributed by atoms with Gasteiger partial charge in [0.2, 0.25) is 0 Å². The van der Waals surface area contributed by atoms with Gasteiger partial charge in [0.25, 0.3) is 0 Å². The van der Waals surface area contributed by atoms with Crippen molar-refractivity contribution in [3.63, 3.8) is 0 Å². The molecule has 5 aliphatic carbocycles. The Morgan fingerprint density at radius 3 is 1.88 bits per heavy atom. The van der Waals surface area contributed by atoms with Crippen LogP contribution >= 0.6 is 69.6 Å². The van der Waals surface area contributed by atoms with E-state index in [1.54, 1.807) is 0 Å². The van der Waals surface area contributed by atoms with Gasteiger partial charge in [0.15, 0.2) is 0 Å². The van der Waals surface area contributed by atoms with E-state index in [4.69, 9.17) is 69.6 Å². The average Bonchev–Trinajstić information content (AvgIpc) is 2.51. The molecule has 0 heterocycles. The van der Waals surface area contributed by atoms with Crippen LogP contribution in [0.4, 0.5) is 0 Å². The van der Waals surface area contributed by atoms with Crippen LogP contribution in [-0.4, -0.2) is 29.7 Å². The molecule has 0 amide bonds. The molecule has 0 aliphatic heterocycles. The number of hydrogen-bond donors (Lipinski definition) is 0. The smallest absolute Gasteiger partial charge is 0.110 e. The quantitative estimate of drug-likeness (QED) is 0.589. The number of fused-ring (bicyclic) bond motifs is 5. The molecule has 0 aromatic heterocycles. The van der Waals surface area contributed by atoms with Gasteiger partial charge in [-0.15, -0.1) is 69.6 Å². The Kier molecular flexibility index (Phi) is 1.36. The van der Waals surface area contributed by atoms with E-state index in [2.05, 4.69) is 0 Å². The van der Waals surface area contributed by atoms with E-state index in [1.165, 1.54) is 0 Å². The fourth-order valence-electron chi connectivity index (χ4n) is 5.76. The Bertz CT molecular complexity index is 444. The zero-order valence-electron chi connectivity index (χ0n) is 7.78. The van der Waals surface area contributed by atoms with Gasteiger partial charge in [0.05, 0.1) is 14.6 Å². The largest absolute Gasteiger partial charge is 0.122 e. The molecule has 0 N–H and O–H groups in total. The minimum Gasteiger partial charge on any atom is -0.122 e. The first-order valence-electron chi connectivity index (χ1n) is 5.35. The van der Waals surface area contributed by atoms with Gasteiger partial charge in [-0.1, -0.05) is 0 Å². The Labute approximate surface area is 123 Å². The molecule has 0 nitrogen and oxygen atoms in total. The lowest BCUT2D eigenvalue weighted by molar-refractivity contribution is 0.121. The highest BCUT2D eigenvalue weighted by atomic mass is 35.5. The number of alkyl halides is 6. The molecule has 6 heteroatoms. The first-order chi connectivity index (χ1) is 7.26. The van der Waals surface area contributed by atoms with E-state index in [1.807, 2.05) is 0 Å². The monoisotopic (exact) mass is 336 g/mol. The van der Waals surface area contributed by atoms with E-state index in [0.717, 1.165) is 6.42 Å². The maximum absolute atomic E-state index is 6.75. The highest BCUT2D eigenvalue weighted by molar-refractivity contribution is 6.66. The van der Waals surface area contributed by atoms with Gasteiger partial charge in [-0.2, -0.15) is 0 Å². The highest BCUT2D eigenvalue weighted by Crippen LogP contribution is 3.05. The molecule has 0 aromatic rings. The van der Waals surface area contributed by atoms with Gasteiger partial charge in [0.1, 0.15) is 9.75 Å². The van der Waals surface area contributed by atoms with Gasteiger partial charge in [-0.3, -0.25) is 0 Å². The second kappa shape index (κ2) is 2.07. The Morgan fingerprint density at radius 1 is 0.750 bits per heavy atom. The van der Waals surface area contributed by atoms with Crippen molar-refractivity contribution in [2.75, 3.05) is 0 Å². The highest BCUT2D eigenvalue weighted by Gasteiger charge is 3.19. The van der Waals surface area contributed by atoms with Crippen molar-refractivity contribution in [1.82, 2.24) is 0 Å². The molecule has 9 unspecified atom stereocenters. The molecule has 88 valence electrons. The number of halogens is 6. The third-order valence-electron chi connectivity index (χ3n) is 6.10. The van der Waals surface area contributed by atoms with E-state index >= 15 is 0 Å². The molecule has 5 aliphatic rings. The minimum atomic E-state index is -0.757. The molecule has 0 radical (unpaired) electrons. The molecule has 2 bridgehead atoms. The van der Waals surface area contributed by atoms with Crippen molar-refractivity contribution < 1.29 is 0 Å². The second-order valence-corrected chi connectivity index (χ2v) is 9.30. The van der Waals surface area contributed by atoms with Crippen LogP contribution in [0.5, 0.6) is 0 Å². The van der Waals surface area contributed by atoms with E-state index in [0.29, 0.717) is 0 Å². The van der Waals surface area contributed by atoms with Gasteiger partial charge in [0, 0.05) is 11.3 Å². The fraction of sp³-hybridized carbons (Fsp3) is 1.00. The molecular formula is C10H6Cl6. The summed E-state index contributed by atoms with van der Waals surface area (Å²) in [6.45, 7) is 0.